The molecule has 8 heteroatoms. The van der Waals surface area contributed by atoms with Crippen LogP contribution in [0.25, 0.3) is 0 Å². The Hall–Kier alpha value is -3.03. The van der Waals surface area contributed by atoms with E-state index in [4.69, 9.17) is 16.3 Å². The highest BCUT2D eigenvalue weighted by molar-refractivity contribution is 7.92. The number of ether oxygens (including phenoxy) is 1. The van der Waals surface area contributed by atoms with Gasteiger partial charge in [0.25, 0.3) is 15.9 Å². The molecule has 0 radical (unpaired) electrons. The summed E-state index contributed by atoms with van der Waals surface area (Å²) in [6, 6.07) is 16.6. The summed E-state index contributed by atoms with van der Waals surface area (Å²) >= 11 is 5.83. The summed E-state index contributed by atoms with van der Waals surface area (Å²) in [5.74, 6) is 0.133. The van der Waals surface area contributed by atoms with Crippen molar-refractivity contribution < 1.29 is 17.9 Å². The van der Waals surface area contributed by atoms with Crippen molar-refractivity contribution in [1.29, 1.82) is 0 Å². The molecule has 31 heavy (non-hydrogen) atoms. The fraction of sp³-hybridized carbons (Fsp3) is 0.174. The second-order valence-corrected chi connectivity index (χ2v) is 9.31. The fourth-order valence-electron chi connectivity index (χ4n) is 2.97. The van der Waals surface area contributed by atoms with Gasteiger partial charge in [-0.25, -0.2) is 8.42 Å². The lowest BCUT2D eigenvalue weighted by atomic mass is 10.1. The largest absolute Gasteiger partial charge is 0.483 e. The van der Waals surface area contributed by atoms with Gasteiger partial charge in [0, 0.05) is 16.4 Å². The molecule has 0 unspecified atom stereocenters. The topological polar surface area (TPSA) is 84.5 Å². The molecule has 0 aliphatic heterocycles. The molecule has 0 saturated heterocycles. The number of carbonyl (C=O) groups excluding carboxylic acids is 1. The van der Waals surface area contributed by atoms with Crippen LogP contribution < -0.4 is 14.8 Å². The standard InChI is InChI=1S/C23H23ClN2O4S/c1-15-4-10-21(16(2)12-15)25-23(27)14-30-22-11-9-20(13-17(22)3)31(28,29)26-19-7-5-18(24)6-8-19/h4-13,26H,14H2,1-3H3,(H,25,27). The minimum absolute atomic E-state index is 0.0898. The number of rotatable bonds is 7. The Morgan fingerprint density at radius 2 is 1.65 bits per heavy atom. The van der Waals surface area contributed by atoms with Gasteiger partial charge in [-0.15, -0.1) is 0 Å². The zero-order valence-corrected chi connectivity index (χ0v) is 19.0. The van der Waals surface area contributed by atoms with E-state index < -0.39 is 10.0 Å². The minimum atomic E-state index is -3.77. The number of amides is 1. The van der Waals surface area contributed by atoms with Crippen molar-refractivity contribution in [1.82, 2.24) is 0 Å². The molecule has 0 fully saturated rings. The summed E-state index contributed by atoms with van der Waals surface area (Å²) in [4.78, 5) is 12.3. The number of nitrogens with one attached hydrogen (secondary N) is 2. The first kappa shape index (κ1) is 22.7. The number of aryl methyl sites for hydroxylation is 3. The molecule has 3 rings (SSSR count). The molecule has 0 saturated carbocycles. The number of benzene rings is 3. The van der Waals surface area contributed by atoms with Crippen LogP contribution in [0, 0.1) is 20.8 Å². The van der Waals surface area contributed by atoms with Gasteiger partial charge in [-0.2, -0.15) is 0 Å². The van der Waals surface area contributed by atoms with Gasteiger partial charge >= 0.3 is 0 Å². The molecule has 0 aliphatic rings. The van der Waals surface area contributed by atoms with E-state index in [9.17, 15) is 13.2 Å². The molecule has 3 aromatic carbocycles. The molecule has 2 N–H and O–H groups in total. The zero-order chi connectivity index (χ0) is 22.6. The zero-order valence-electron chi connectivity index (χ0n) is 17.4. The fourth-order valence-corrected chi connectivity index (χ4v) is 4.24. The summed E-state index contributed by atoms with van der Waals surface area (Å²) in [5, 5.41) is 3.33. The van der Waals surface area contributed by atoms with Crippen LogP contribution in [0.4, 0.5) is 11.4 Å². The summed E-state index contributed by atoms with van der Waals surface area (Å²) in [5.41, 5.74) is 3.81. The molecule has 3 aromatic rings. The van der Waals surface area contributed by atoms with E-state index in [1.165, 1.54) is 18.2 Å². The molecule has 0 heterocycles. The third-order valence-electron chi connectivity index (χ3n) is 4.57. The van der Waals surface area contributed by atoms with Crippen molar-refractivity contribution >= 4 is 38.9 Å². The summed E-state index contributed by atoms with van der Waals surface area (Å²) in [6.07, 6.45) is 0. The van der Waals surface area contributed by atoms with Gasteiger partial charge < -0.3 is 10.1 Å². The van der Waals surface area contributed by atoms with Crippen LogP contribution in [-0.4, -0.2) is 20.9 Å². The highest BCUT2D eigenvalue weighted by atomic mass is 35.5. The van der Waals surface area contributed by atoms with Gasteiger partial charge in [0.05, 0.1) is 4.90 Å². The lowest BCUT2D eigenvalue weighted by molar-refractivity contribution is -0.118. The van der Waals surface area contributed by atoms with Crippen molar-refractivity contribution in [2.24, 2.45) is 0 Å². The van der Waals surface area contributed by atoms with Gasteiger partial charge in [0.2, 0.25) is 0 Å². The van der Waals surface area contributed by atoms with Crippen molar-refractivity contribution in [3.63, 3.8) is 0 Å². The van der Waals surface area contributed by atoms with Gasteiger partial charge in [0.15, 0.2) is 6.61 Å². The van der Waals surface area contributed by atoms with Crippen molar-refractivity contribution in [3.05, 3.63) is 82.4 Å². The molecule has 1 amide bonds. The number of carbonyl (C=O) groups is 1. The number of hydrogen-bond acceptors (Lipinski definition) is 4. The predicted octanol–water partition coefficient (Wildman–Crippen LogP) is 5.08. The first-order chi connectivity index (χ1) is 14.6. The second kappa shape index (κ2) is 9.41. The Labute approximate surface area is 187 Å². The molecular formula is C23H23ClN2O4S. The van der Waals surface area contributed by atoms with E-state index in [1.807, 2.05) is 32.0 Å². The van der Waals surface area contributed by atoms with E-state index in [1.54, 1.807) is 31.2 Å². The Bertz CT molecular complexity index is 1210. The van der Waals surface area contributed by atoms with Gasteiger partial charge in [-0.05, 0) is 80.4 Å². The Balaban J connectivity index is 1.64. The van der Waals surface area contributed by atoms with Gasteiger partial charge in [-0.3, -0.25) is 9.52 Å². The predicted molar refractivity (Wildman–Crippen MR) is 123 cm³/mol. The van der Waals surface area contributed by atoms with E-state index in [0.717, 1.165) is 16.8 Å². The van der Waals surface area contributed by atoms with Crippen LogP contribution in [0.15, 0.2) is 65.6 Å². The highest BCUT2D eigenvalue weighted by Gasteiger charge is 2.16. The third kappa shape index (κ3) is 5.99. The van der Waals surface area contributed by atoms with E-state index >= 15 is 0 Å². The average molecular weight is 459 g/mol. The average Bonchev–Trinajstić information content (AvgIpc) is 2.70. The number of hydrogen-bond donors (Lipinski definition) is 2. The molecular weight excluding hydrogens is 436 g/mol. The normalized spacial score (nSPS) is 11.1. The summed E-state index contributed by atoms with van der Waals surface area (Å²) < 4.78 is 33.3. The smallest absolute Gasteiger partial charge is 0.262 e. The Kier molecular flexibility index (Phi) is 6.87. The van der Waals surface area contributed by atoms with Crippen LogP contribution in [0.5, 0.6) is 5.75 Å². The molecule has 6 nitrogen and oxygen atoms in total. The van der Waals surface area contributed by atoms with Crippen LogP contribution in [0.1, 0.15) is 16.7 Å². The summed E-state index contributed by atoms with van der Waals surface area (Å²) in [6.45, 7) is 5.44. The molecule has 0 spiro atoms. The quantitative estimate of drug-likeness (QED) is 0.516. The maximum Gasteiger partial charge on any atom is 0.262 e. The van der Waals surface area contributed by atoms with Crippen molar-refractivity contribution in [3.8, 4) is 5.75 Å². The maximum absolute atomic E-state index is 12.6. The minimum Gasteiger partial charge on any atom is -0.483 e. The van der Waals surface area contributed by atoms with Gasteiger partial charge in [0.1, 0.15) is 5.75 Å². The number of sulfonamides is 1. The SMILES string of the molecule is Cc1ccc(NC(=O)COc2ccc(S(=O)(=O)Nc3ccc(Cl)cc3)cc2C)c(C)c1. The lowest BCUT2D eigenvalue weighted by Crippen LogP contribution is -2.21. The molecule has 0 aliphatic carbocycles. The summed E-state index contributed by atoms with van der Waals surface area (Å²) in [7, 11) is -3.77. The van der Waals surface area contributed by atoms with E-state index in [-0.39, 0.29) is 17.4 Å². The van der Waals surface area contributed by atoms with Crippen LogP contribution >= 0.6 is 11.6 Å². The lowest BCUT2D eigenvalue weighted by Gasteiger charge is -2.13. The Morgan fingerprint density at radius 3 is 2.29 bits per heavy atom. The van der Waals surface area contributed by atoms with Crippen LogP contribution in [-0.2, 0) is 14.8 Å². The first-order valence-corrected chi connectivity index (χ1v) is 11.4. The highest BCUT2D eigenvalue weighted by Crippen LogP contribution is 2.24. The molecule has 0 aromatic heterocycles. The Morgan fingerprint density at radius 1 is 0.935 bits per heavy atom. The third-order valence-corrected chi connectivity index (χ3v) is 6.20. The molecule has 0 atom stereocenters. The monoisotopic (exact) mass is 458 g/mol. The first-order valence-electron chi connectivity index (χ1n) is 9.53. The van der Waals surface area contributed by atoms with Crippen LogP contribution in [0.3, 0.4) is 0 Å². The van der Waals surface area contributed by atoms with Crippen LogP contribution in [0.2, 0.25) is 5.02 Å². The van der Waals surface area contributed by atoms with Crippen molar-refractivity contribution in [2.45, 2.75) is 25.7 Å². The molecule has 0 bridgehead atoms. The van der Waals surface area contributed by atoms with E-state index in [0.29, 0.717) is 22.0 Å². The van der Waals surface area contributed by atoms with Gasteiger partial charge in [-0.1, -0.05) is 29.3 Å². The second-order valence-electron chi connectivity index (χ2n) is 7.19. The van der Waals surface area contributed by atoms with E-state index in [2.05, 4.69) is 10.0 Å². The number of anilines is 2. The molecule has 162 valence electrons. The number of halogens is 1. The maximum atomic E-state index is 12.6. The van der Waals surface area contributed by atoms with Crippen molar-refractivity contribution in [2.75, 3.05) is 16.6 Å².